The summed E-state index contributed by atoms with van der Waals surface area (Å²) in [5, 5.41) is 4.70. The Kier molecular flexibility index (Phi) is 5.91. The molecular formula is C31H30FN5O3. The summed E-state index contributed by atoms with van der Waals surface area (Å²) in [5.41, 5.74) is 5.49. The number of hydrogen-bond acceptors (Lipinski definition) is 6. The van der Waals surface area contributed by atoms with Gasteiger partial charge in [0.05, 0.1) is 29.8 Å². The summed E-state index contributed by atoms with van der Waals surface area (Å²) in [7, 11) is 0. The molecule has 2 saturated carbocycles. The lowest BCUT2D eigenvalue weighted by molar-refractivity contribution is -0.144. The van der Waals surface area contributed by atoms with Crippen molar-refractivity contribution in [1.82, 2.24) is 24.5 Å². The van der Waals surface area contributed by atoms with Crippen molar-refractivity contribution in [2.45, 2.75) is 57.4 Å². The molecule has 40 heavy (non-hydrogen) atoms. The van der Waals surface area contributed by atoms with Gasteiger partial charge in [0.25, 0.3) is 5.91 Å². The topological polar surface area (TPSA) is 89.7 Å². The highest BCUT2D eigenvalue weighted by Gasteiger charge is 2.46. The third-order valence-electron chi connectivity index (χ3n) is 8.43. The second-order valence-corrected chi connectivity index (χ2v) is 11.0. The largest absolute Gasteiger partial charge is 0.466 e. The van der Waals surface area contributed by atoms with Crippen LogP contribution in [0.3, 0.4) is 0 Å². The number of rotatable bonds is 6. The van der Waals surface area contributed by atoms with E-state index < -0.39 is 5.95 Å². The molecule has 4 aromatic rings. The number of fused-ring (bicyclic) bond motifs is 2. The average Bonchev–Trinajstić information content (AvgIpc) is 3.89. The number of ether oxygens (including phenoxy) is 1. The van der Waals surface area contributed by atoms with E-state index in [1.165, 1.54) is 11.1 Å². The molecule has 0 bridgehead atoms. The van der Waals surface area contributed by atoms with Crippen molar-refractivity contribution in [1.29, 1.82) is 0 Å². The van der Waals surface area contributed by atoms with Gasteiger partial charge in [-0.05, 0) is 68.9 Å². The Labute approximate surface area is 231 Å². The molecule has 0 unspecified atom stereocenters. The Balaban J connectivity index is 1.20. The minimum absolute atomic E-state index is 0.0473. The van der Waals surface area contributed by atoms with Gasteiger partial charge in [-0.15, -0.1) is 0 Å². The lowest BCUT2D eigenvalue weighted by Gasteiger charge is -2.35. The fourth-order valence-electron chi connectivity index (χ4n) is 5.98. The van der Waals surface area contributed by atoms with Gasteiger partial charge in [-0.3, -0.25) is 9.59 Å². The third-order valence-corrected chi connectivity index (χ3v) is 8.43. The molecule has 1 aromatic carbocycles. The summed E-state index contributed by atoms with van der Waals surface area (Å²) >= 11 is 0. The van der Waals surface area contributed by atoms with Gasteiger partial charge in [0, 0.05) is 35.8 Å². The van der Waals surface area contributed by atoms with E-state index in [0.717, 1.165) is 25.0 Å². The molecule has 1 aliphatic heterocycles. The van der Waals surface area contributed by atoms with Crippen LogP contribution >= 0.6 is 0 Å². The fraction of sp³-hybridized carbons (Fsp3) is 0.387. The second kappa shape index (κ2) is 9.50. The number of benzene rings is 1. The maximum absolute atomic E-state index is 15.3. The van der Waals surface area contributed by atoms with Crippen LogP contribution in [0.1, 0.15) is 84.0 Å². The molecule has 204 valence electrons. The summed E-state index contributed by atoms with van der Waals surface area (Å²) in [6.07, 6.45) is 3.46. The van der Waals surface area contributed by atoms with Crippen LogP contribution in [0.4, 0.5) is 4.39 Å². The van der Waals surface area contributed by atoms with Crippen molar-refractivity contribution in [2.75, 3.05) is 13.2 Å². The lowest BCUT2D eigenvalue weighted by Crippen LogP contribution is -2.39. The van der Waals surface area contributed by atoms with E-state index in [1.54, 1.807) is 29.6 Å². The molecule has 0 spiro atoms. The molecule has 0 N–H and O–H groups in total. The second-order valence-electron chi connectivity index (χ2n) is 11.0. The molecule has 8 nitrogen and oxygen atoms in total. The minimum atomic E-state index is -0.638. The van der Waals surface area contributed by atoms with Gasteiger partial charge in [0.15, 0.2) is 5.65 Å². The summed E-state index contributed by atoms with van der Waals surface area (Å²) in [6, 6.07) is 15.2. The Bertz CT molecular complexity index is 1660. The maximum Gasteiger partial charge on any atom is 0.309 e. The van der Waals surface area contributed by atoms with Crippen LogP contribution < -0.4 is 0 Å². The molecule has 3 aliphatic rings. The first-order valence-electron chi connectivity index (χ1n) is 14.1. The highest BCUT2D eigenvalue weighted by atomic mass is 19.1. The number of amides is 1. The van der Waals surface area contributed by atoms with Crippen molar-refractivity contribution in [2.24, 2.45) is 5.92 Å². The van der Waals surface area contributed by atoms with E-state index in [9.17, 15) is 9.59 Å². The Morgan fingerprint density at radius 1 is 1.10 bits per heavy atom. The minimum Gasteiger partial charge on any atom is -0.466 e. The highest BCUT2D eigenvalue weighted by molar-refractivity contribution is 5.93. The predicted molar refractivity (Wildman–Crippen MR) is 145 cm³/mol. The number of aromatic nitrogens is 4. The van der Waals surface area contributed by atoms with Gasteiger partial charge in [-0.2, -0.15) is 9.49 Å². The summed E-state index contributed by atoms with van der Waals surface area (Å²) in [5.74, 6) is -1.09. The molecule has 9 heteroatoms. The molecule has 4 heterocycles. The van der Waals surface area contributed by atoms with E-state index in [0.29, 0.717) is 48.2 Å². The zero-order valence-corrected chi connectivity index (χ0v) is 22.5. The first-order valence-corrected chi connectivity index (χ1v) is 14.1. The number of halogens is 1. The van der Waals surface area contributed by atoms with Crippen molar-refractivity contribution in [3.05, 3.63) is 82.7 Å². The SMILES string of the molecule is CCOC(=O)[C@@H]1C[C@H]1c1ccc(-c2cc3nc(C(=O)N4CCc5ccccc5[C@H]4C)cc(C4CC4)n3n2)c(F)n1. The van der Waals surface area contributed by atoms with Gasteiger partial charge in [-0.1, -0.05) is 24.3 Å². The molecule has 0 saturated heterocycles. The number of pyridine rings is 1. The van der Waals surface area contributed by atoms with Gasteiger partial charge in [0.1, 0.15) is 5.69 Å². The van der Waals surface area contributed by atoms with Crippen molar-refractivity contribution in [3.8, 4) is 11.3 Å². The van der Waals surface area contributed by atoms with E-state index >= 15 is 4.39 Å². The fourth-order valence-corrected chi connectivity index (χ4v) is 5.98. The Morgan fingerprint density at radius 2 is 1.93 bits per heavy atom. The standard InChI is InChI=1S/C31H30FN5O3/c1-3-40-31(39)23-14-22(23)24-11-10-21(29(32)34-24)25-16-28-33-26(15-27(19-8-9-19)37(28)35-25)30(38)36-13-12-18-6-4-5-7-20(18)17(36)2/h4-7,10-11,15-17,19,22-23H,3,8-9,12-14H2,1-2H3/t17-,22-,23-/m1/s1. The Morgan fingerprint density at radius 3 is 2.70 bits per heavy atom. The first kappa shape index (κ1) is 24.9. The summed E-state index contributed by atoms with van der Waals surface area (Å²) < 4.78 is 22.1. The number of hydrogen-bond donors (Lipinski definition) is 0. The molecule has 0 radical (unpaired) electrons. The van der Waals surface area contributed by atoms with Gasteiger partial charge in [-0.25, -0.2) is 14.5 Å². The monoisotopic (exact) mass is 539 g/mol. The maximum atomic E-state index is 15.3. The van der Waals surface area contributed by atoms with E-state index in [2.05, 4.69) is 24.0 Å². The predicted octanol–water partition coefficient (Wildman–Crippen LogP) is 5.23. The summed E-state index contributed by atoms with van der Waals surface area (Å²) in [6.45, 7) is 4.79. The van der Waals surface area contributed by atoms with Crippen LogP contribution in [-0.4, -0.2) is 49.5 Å². The zero-order valence-electron chi connectivity index (χ0n) is 22.5. The normalized spacial score (nSPS) is 21.8. The van der Waals surface area contributed by atoms with Crippen LogP contribution in [-0.2, 0) is 16.0 Å². The molecule has 2 fully saturated rings. The van der Waals surface area contributed by atoms with E-state index in [-0.39, 0.29) is 35.3 Å². The Hall–Kier alpha value is -4.14. The van der Waals surface area contributed by atoms with Crippen LogP contribution in [0.25, 0.3) is 16.9 Å². The number of nitrogens with zero attached hydrogens (tertiary/aromatic N) is 5. The first-order chi connectivity index (χ1) is 19.4. The molecule has 7 rings (SSSR count). The quantitative estimate of drug-likeness (QED) is 0.246. The van der Waals surface area contributed by atoms with Gasteiger partial charge < -0.3 is 9.64 Å². The van der Waals surface area contributed by atoms with Gasteiger partial charge >= 0.3 is 5.97 Å². The van der Waals surface area contributed by atoms with Crippen LogP contribution in [0.2, 0.25) is 0 Å². The molecule has 3 aromatic heterocycles. The summed E-state index contributed by atoms with van der Waals surface area (Å²) in [4.78, 5) is 36.5. The van der Waals surface area contributed by atoms with Crippen molar-refractivity contribution in [3.63, 3.8) is 0 Å². The molecule has 3 atom stereocenters. The van der Waals surface area contributed by atoms with Crippen molar-refractivity contribution < 1.29 is 18.7 Å². The lowest BCUT2D eigenvalue weighted by atomic mass is 9.93. The third kappa shape index (κ3) is 4.24. The van der Waals surface area contributed by atoms with E-state index in [4.69, 9.17) is 14.8 Å². The van der Waals surface area contributed by atoms with Crippen LogP contribution in [0, 0.1) is 11.9 Å². The van der Waals surface area contributed by atoms with Gasteiger partial charge in [0.2, 0.25) is 5.95 Å². The van der Waals surface area contributed by atoms with Crippen LogP contribution in [0.5, 0.6) is 0 Å². The van der Waals surface area contributed by atoms with E-state index in [1.807, 2.05) is 23.1 Å². The smallest absolute Gasteiger partial charge is 0.309 e. The molecular weight excluding hydrogens is 509 g/mol. The highest BCUT2D eigenvalue weighted by Crippen LogP contribution is 2.48. The van der Waals surface area contributed by atoms with Crippen molar-refractivity contribution >= 4 is 17.5 Å². The number of carbonyl (C=O) groups is 2. The molecule has 1 amide bonds. The zero-order chi connectivity index (χ0) is 27.5. The number of esters is 1. The number of carbonyl (C=O) groups excluding carboxylic acids is 2. The average molecular weight is 540 g/mol. The molecule has 2 aliphatic carbocycles. The van der Waals surface area contributed by atoms with Crippen LogP contribution in [0.15, 0.2) is 48.5 Å².